The van der Waals surface area contributed by atoms with Gasteiger partial charge in [-0.05, 0) is 23.1 Å². The molecule has 3 heteroatoms. The first-order valence-corrected chi connectivity index (χ1v) is 14.0. The quantitative estimate of drug-likeness (QED) is 0.503. The molecule has 3 aromatic rings. The van der Waals surface area contributed by atoms with Crippen molar-refractivity contribution in [3.05, 3.63) is 96.6 Å². The van der Waals surface area contributed by atoms with Crippen LogP contribution in [0, 0.1) is 5.92 Å². The third-order valence-corrected chi connectivity index (χ3v) is 13.7. The zero-order chi connectivity index (χ0) is 22.8. The molecule has 4 rings (SSSR count). The lowest BCUT2D eigenvalue weighted by Gasteiger charge is -2.45. The summed E-state index contributed by atoms with van der Waals surface area (Å²) in [5.41, 5.74) is 1.07. The maximum atomic E-state index is 11.0. The Morgan fingerprint density at radius 3 is 1.72 bits per heavy atom. The van der Waals surface area contributed by atoms with Crippen molar-refractivity contribution in [2.24, 2.45) is 5.92 Å². The van der Waals surface area contributed by atoms with Gasteiger partial charge in [0.25, 0.3) is 0 Å². The molecule has 0 aliphatic carbocycles. The van der Waals surface area contributed by atoms with Gasteiger partial charge in [-0.2, -0.15) is 0 Å². The largest absolute Gasteiger partial charge is 0.390 e. The minimum atomic E-state index is -2.13. The van der Waals surface area contributed by atoms with Crippen LogP contribution in [0.2, 0.25) is 11.1 Å². The van der Waals surface area contributed by atoms with Crippen molar-refractivity contribution in [3.63, 3.8) is 0 Å². The Morgan fingerprint density at radius 2 is 1.25 bits per heavy atom. The third-order valence-electron chi connectivity index (χ3n) is 7.50. The fourth-order valence-corrected chi connectivity index (χ4v) is 11.3. The van der Waals surface area contributed by atoms with Crippen LogP contribution in [-0.2, 0) is 4.74 Å². The molecule has 1 N–H and O–H groups in total. The summed E-state index contributed by atoms with van der Waals surface area (Å²) in [6.45, 7) is 9.35. The molecular formula is C29H36O2Si. The molecule has 2 nitrogen and oxygen atoms in total. The van der Waals surface area contributed by atoms with Gasteiger partial charge in [0, 0.05) is 5.92 Å². The highest BCUT2D eigenvalue weighted by Crippen LogP contribution is 2.43. The fourth-order valence-electron chi connectivity index (χ4n) is 5.64. The van der Waals surface area contributed by atoms with E-state index in [0.29, 0.717) is 0 Å². The molecule has 0 saturated carbocycles. The van der Waals surface area contributed by atoms with E-state index in [1.165, 1.54) is 10.4 Å². The van der Waals surface area contributed by atoms with E-state index >= 15 is 0 Å². The van der Waals surface area contributed by atoms with Crippen molar-refractivity contribution in [2.75, 3.05) is 0 Å². The first-order valence-electron chi connectivity index (χ1n) is 11.8. The molecule has 32 heavy (non-hydrogen) atoms. The van der Waals surface area contributed by atoms with Gasteiger partial charge in [0.2, 0.25) is 0 Å². The molecule has 3 aromatic carbocycles. The van der Waals surface area contributed by atoms with Crippen molar-refractivity contribution < 1.29 is 9.84 Å². The topological polar surface area (TPSA) is 29.5 Å². The second-order valence-electron chi connectivity index (χ2n) is 10.3. The zero-order valence-corrected chi connectivity index (χ0v) is 20.7. The predicted molar refractivity (Wildman–Crippen MR) is 136 cm³/mol. The Balaban J connectivity index is 1.67. The summed E-state index contributed by atoms with van der Waals surface area (Å²) in [4.78, 5) is 0. The number of aliphatic hydroxyl groups is 1. The summed E-state index contributed by atoms with van der Waals surface area (Å²) in [7, 11) is -2.13. The normalized spacial score (nSPS) is 23.9. The van der Waals surface area contributed by atoms with Gasteiger partial charge in [0.1, 0.15) is 14.2 Å². The summed E-state index contributed by atoms with van der Waals surface area (Å²) in [6, 6.07) is 33.5. The van der Waals surface area contributed by atoms with Gasteiger partial charge in [-0.15, -0.1) is 0 Å². The van der Waals surface area contributed by atoms with Crippen LogP contribution in [0.1, 0.15) is 45.8 Å². The molecule has 1 heterocycles. The van der Waals surface area contributed by atoms with Crippen LogP contribution < -0.4 is 10.4 Å². The Morgan fingerprint density at radius 1 is 0.781 bits per heavy atom. The molecule has 0 amide bonds. The molecule has 0 aromatic heterocycles. The first-order chi connectivity index (χ1) is 15.3. The molecule has 0 spiro atoms. The second-order valence-corrected chi connectivity index (χ2v) is 15.2. The standard InChI is InChI=1S/C29H36O2Si/c1-22-26(31-28(27(22)30)23-14-8-5-9-15-23)20-21-32(29(2,3)4,24-16-10-6-11-17-24)25-18-12-7-13-19-25/h5-19,22,26-28,30H,20-21H2,1-4H3/t22-,26+,27-,28-/m1/s1. The van der Waals surface area contributed by atoms with Crippen molar-refractivity contribution in [1.82, 2.24) is 0 Å². The minimum absolute atomic E-state index is 0.0526. The minimum Gasteiger partial charge on any atom is -0.390 e. The summed E-state index contributed by atoms with van der Waals surface area (Å²) >= 11 is 0. The van der Waals surface area contributed by atoms with E-state index in [2.05, 4.69) is 100 Å². The molecule has 4 atom stereocenters. The number of hydrogen-bond acceptors (Lipinski definition) is 2. The number of benzene rings is 3. The Labute approximate surface area is 194 Å². The second kappa shape index (κ2) is 9.34. The van der Waals surface area contributed by atoms with Crippen LogP contribution in [0.3, 0.4) is 0 Å². The van der Waals surface area contributed by atoms with E-state index in [4.69, 9.17) is 4.74 Å². The number of aliphatic hydroxyl groups excluding tert-OH is 1. The van der Waals surface area contributed by atoms with Gasteiger partial charge in [0.15, 0.2) is 0 Å². The molecule has 0 radical (unpaired) electrons. The molecule has 1 aliphatic heterocycles. The third kappa shape index (κ3) is 4.22. The van der Waals surface area contributed by atoms with Crippen LogP contribution in [0.15, 0.2) is 91.0 Å². The number of ether oxygens (including phenoxy) is 1. The predicted octanol–water partition coefficient (Wildman–Crippen LogP) is 5.58. The summed E-state index contributed by atoms with van der Waals surface area (Å²) < 4.78 is 6.52. The van der Waals surface area contributed by atoms with Crippen molar-refractivity contribution in [3.8, 4) is 0 Å². The van der Waals surface area contributed by atoms with Crippen LogP contribution >= 0.6 is 0 Å². The maximum Gasteiger partial charge on any atom is 0.123 e. The molecule has 0 unspecified atom stereocenters. The van der Waals surface area contributed by atoms with E-state index in [9.17, 15) is 5.11 Å². The summed E-state index contributed by atoms with van der Waals surface area (Å²) in [5.74, 6) is 0.110. The molecule has 168 valence electrons. The lowest BCUT2D eigenvalue weighted by Crippen LogP contribution is -2.64. The summed E-state index contributed by atoms with van der Waals surface area (Å²) in [6.07, 6.45) is 0.295. The van der Waals surface area contributed by atoms with E-state index in [1.807, 2.05) is 18.2 Å². The van der Waals surface area contributed by atoms with Crippen LogP contribution in [-0.4, -0.2) is 25.4 Å². The van der Waals surface area contributed by atoms with E-state index in [-0.39, 0.29) is 23.2 Å². The highest BCUT2D eigenvalue weighted by molar-refractivity contribution is 7.04. The first kappa shape index (κ1) is 23.0. The van der Waals surface area contributed by atoms with Crippen molar-refractivity contribution >= 4 is 18.4 Å². The lowest BCUT2D eigenvalue weighted by molar-refractivity contribution is 0.00773. The smallest absolute Gasteiger partial charge is 0.123 e. The number of hydrogen-bond donors (Lipinski definition) is 1. The van der Waals surface area contributed by atoms with Crippen LogP contribution in [0.5, 0.6) is 0 Å². The van der Waals surface area contributed by atoms with Crippen LogP contribution in [0.4, 0.5) is 0 Å². The molecular weight excluding hydrogens is 408 g/mol. The summed E-state index contributed by atoms with van der Waals surface area (Å²) in [5, 5.41) is 14.1. The fraction of sp³-hybridized carbons (Fsp3) is 0.379. The molecule has 1 aliphatic rings. The Kier molecular flexibility index (Phi) is 6.71. The maximum absolute atomic E-state index is 11.0. The Hall–Kier alpha value is -2.20. The average molecular weight is 445 g/mol. The van der Waals surface area contributed by atoms with Crippen molar-refractivity contribution in [2.45, 2.75) is 63.5 Å². The molecule has 1 saturated heterocycles. The SMILES string of the molecule is C[C@H]1[C@@H](O)[C@@H](c2ccccc2)O[C@H]1CC[Si](c1ccccc1)(c1ccccc1)C(C)(C)C. The monoisotopic (exact) mass is 444 g/mol. The number of rotatable bonds is 6. The van der Waals surface area contributed by atoms with Gasteiger partial charge in [-0.25, -0.2) is 0 Å². The highest BCUT2D eigenvalue weighted by atomic mass is 28.3. The van der Waals surface area contributed by atoms with Crippen LogP contribution in [0.25, 0.3) is 0 Å². The molecule has 0 bridgehead atoms. The lowest BCUT2D eigenvalue weighted by atomic mass is 9.94. The van der Waals surface area contributed by atoms with Crippen molar-refractivity contribution in [1.29, 1.82) is 0 Å². The van der Waals surface area contributed by atoms with Gasteiger partial charge < -0.3 is 9.84 Å². The zero-order valence-electron chi connectivity index (χ0n) is 19.7. The van der Waals surface area contributed by atoms with E-state index < -0.39 is 14.2 Å². The van der Waals surface area contributed by atoms with E-state index in [0.717, 1.165) is 18.0 Å². The Bertz CT molecular complexity index is 942. The average Bonchev–Trinajstić information content (AvgIpc) is 3.09. The van der Waals surface area contributed by atoms with E-state index in [1.54, 1.807) is 0 Å². The van der Waals surface area contributed by atoms with Gasteiger partial charge >= 0.3 is 0 Å². The highest BCUT2D eigenvalue weighted by Gasteiger charge is 2.49. The van der Waals surface area contributed by atoms with Gasteiger partial charge in [-0.3, -0.25) is 0 Å². The molecule has 1 fully saturated rings. The van der Waals surface area contributed by atoms with Gasteiger partial charge in [0.05, 0.1) is 12.2 Å². The van der Waals surface area contributed by atoms with Gasteiger partial charge in [-0.1, -0.05) is 129 Å².